The lowest BCUT2D eigenvalue weighted by Gasteiger charge is -2.17. The topological polar surface area (TPSA) is 58.2 Å². The van der Waals surface area contributed by atoms with Crippen LogP contribution in [-0.4, -0.2) is 15.5 Å². The molecule has 2 rings (SSSR count). The largest absolute Gasteiger partial charge is 0.378 e. The molecule has 0 fully saturated rings. The zero-order valence-electron chi connectivity index (χ0n) is 13.8. The van der Waals surface area contributed by atoms with Gasteiger partial charge in [0.05, 0.1) is 4.90 Å². The van der Waals surface area contributed by atoms with Gasteiger partial charge in [0.1, 0.15) is 0 Å². The van der Waals surface area contributed by atoms with E-state index >= 15 is 0 Å². The molecule has 2 aromatic carbocycles. The molecular formula is C17H23BrN2O2S. The van der Waals surface area contributed by atoms with Crippen LogP contribution in [-0.2, 0) is 10.0 Å². The maximum atomic E-state index is 11.8. The maximum absolute atomic E-state index is 11.8. The van der Waals surface area contributed by atoms with Gasteiger partial charge in [0.15, 0.2) is 0 Å². The summed E-state index contributed by atoms with van der Waals surface area (Å²) in [5.74, 6) is 0. The summed E-state index contributed by atoms with van der Waals surface area (Å²) in [4.78, 5) is 0.231. The Morgan fingerprint density at radius 1 is 1.04 bits per heavy atom. The van der Waals surface area contributed by atoms with Crippen LogP contribution < -0.4 is 10.0 Å². The predicted molar refractivity (Wildman–Crippen MR) is 100 cm³/mol. The second kappa shape index (κ2) is 9.05. The summed E-state index contributed by atoms with van der Waals surface area (Å²) in [5, 5.41) is 3.36. The summed E-state index contributed by atoms with van der Waals surface area (Å²) in [5.41, 5.74) is 2.01. The lowest BCUT2D eigenvalue weighted by atomic mass is 10.1. The Morgan fingerprint density at radius 2 is 1.65 bits per heavy atom. The lowest BCUT2D eigenvalue weighted by molar-refractivity contribution is 0.588. The van der Waals surface area contributed by atoms with Gasteiger partial charge in [0, 0.05) is 16.2 Å². The molecule has 1 unspecified atom stereocenters. The molecule has 0 amide bonds. The third-order valence-corrected chi connectivity index (χ3v) is 5.26. The first-order valence-electron chi connectivity index (χ1n) is 7.48. The molecule has 126 valence electrons. The van der Waals surface area contributed by atoms with Crippen molar-refractivity contribution < 1.29 is 8.42 Å². The lowest BCUT2D eigenvalue weighted by Crippen LogP contribution is -2.18. The third kappa shape index (κ3) is 5.34. The fourth-order valence-corrected chi connectivity index (χ4v) is 3.36. The molecule has 0 saturated carbocycles. The SMILES string of the molecule is CC.CNS(=O)(=O)c1ccc(NC(C)c2ccccc2)c(Br)c1. The molecule has 2 aromatic rings. The van der Waals surface area contributed by atoms with Gasteiger partial charge >= 0.3 is 0 Å². The summed E-state index contributed by atoms with van der Waals surface area (Å²) in [7, 11) is -2.03. The monoisotopic (exact) mass is 398 g/mol. The minimum Gasteiger partial charge on any atom is -0.378 e. The van der Waals surface area contributed by atoms with E-state index in [1.54, 1.807) is 18.2 Å². The molecule has 23 heavy (non-hydrogen) atoms. The maximum Gasteiger partial charge on any atom is 0.240 e. The van der Waals surface area contributed by atoms with Gasteiger partial charge in [-0.25, -0.2) is 13.1 Å². The Morgan fingerprint density at radius 3 is 2.17 bits per heavy atom. The summed E-state index contributed by atoms with van der Waals surface area (Å²) in [6, 6.07) is 15.1. The molecule has 0 bridgehead atoms. The van der Waals surface area contributed by atoms with E-state index in [9.17, 15) is 8.42 Å². The van der Waals surface area contributed by atoms with Gasteiger partial charge in [-0.2, -0.15) is 0 Å². The predicted octanol–water partition coefficient (Wildman–Crippen LogP) is 4.56. The van der Waals surface area contributed by atoms with Crippen molar-refractivity contribution in [3.05, 3.63) is 58.6 Å². The number of hydrogen-bond acceptors (Lipinski definition) is 3. The van der Waals surface area contributed by atoms with E-state index in [1.807, 2.05) is 44.2 Å². The van der Waals surface area contributed by atoms with Crippen molar-refractivity contribution in [1.82, 2.24) is 4.72 Å². The van der Waals surface area contributed by atoms with Gasteiger partial charge in [0.25, 0.3) is 0 Å². The normalized spacial score (nSPS) is 12.0. The Labute approximate surface area is 147 Å². The number of anilines is 1. The fraction of sp³-hybridized carbons (Fsp3) is 0.294. The zero-order valence-corrected chi connectivity index (χ0v) is 16.2. The molecule has 1 atom stereocenters. The van der Waals surface area contributed by atoms with Crippen molar-refractivity contribution >= 4 is 31.6 Å². The Bertz CT molecular complexity index is 719. The second-order valence-corrected chi connectivity index (χ2v) is 7.37. The minimum atomic E-state index is -3.43. The van der Waals surface area contributed by atoms with Crippen molar-refractivity contribution in [1.29, 1.82) is 0 Å². The summed E-state index contributed by atoms with van der Waals surface area (Å²) >= 11 is 3.42. The van der Waals surface area contributed by atoms with E-state index in [0.717, 1.165) is 11.3 Å². The first-order valence-corrected chi connectivity index (χ1v) is 9.76. The number of benzene rings is 2. The van der Waals surface area contributed by atoms with E-state index in [2.05, 4.69) is 32.9 Å². The average Bonchev–Trinajstić information content (AvgIpc) is 2.59. The molecule has 0 aliphatic heterocycles. The minimum absolute atomic E-state index is 0.120. The number of sulfonamides is 1. The van der Waals surface area contributed by atoms with E-state index in [4.69, 9.17) is 0 Å². The van der Waals surface area contributed by atoms with Crippen molar-refractivity contribution in [3.63, 3.8) is 0 Å². The van der Waals surface area contributed by atoms with Crippen molar-refractivity contribution in [3.8, 4) is 0 Å². The van der Waals surface area contributed by atoms with Crippen molar-refractivity contribution in [2.45, 2.75) is 31.7 Å². The van der Waals surface area contributed by atoms with E-state index in [0.29, 0.717) is 4.47 Å². The van der Waals surface area contributed by atoms with Crippen LogP contribution in [0.4, 0.5) is 5.69 Å². The average molecular weight is 399 g/mol. The molecule has 0 spiro atoms. The van der Waals surface area contributed by atoms with Crippen LogP contribution in [0, 0.1) is 0 Å². The first-order chi connectivity index (χ1) is 10.9. The van der Waals surface area contributed by atoms with E-state index in [1.165, 1.54) is 7.05 Å². The van der Waals surface area contributed by atoms with Crippen LogP contribution in [0.15, 0.2) is 57.9 Å². The molecule has 6 heteroatoms. The molecule has 2 N–H and O–H groups in total. The number of halogens is 1. The standard InChI is InChI=1S/C15H17BrN2O2S.C2H6/c1-11(12-6-4-3-5-7-12)18-15-9-8-13(10-14(15)16)21(19,20)17-2;1-2/h3-11,17-18H,1-2H3;1-2H3. The van der Waals surface area contributed by atoms with Gasteiger partial charge < -0.3 is 5.32 Å². The van der Waals surface area contributed by atoms with Gasteiger partial charge in [-0.1, -0.05) is 44.2 Å². The Balaban J connectivity index is 0.00000127. The number of hydrogen-bond donors (Lipinski definition) is 2. The highest BCUT2D eigenvalue weighted by atomic mass is 79.9. The quantitative estimate of drug-likeness (QED) is 0.775. The molecule has 0 saturated heterocycles. The highest BCUT2D eigenvalue weighted by Gasteiger charge is 2.14. The number of rotatable bonds is 5. The van der Waals surface area contributed by atoms with E-state index < -0.39 is 10.0 Å². The van der Waals surface area contributed by atoms with Crippen molar-refractivity contribution in [2.75, 3.05) is 12.4 Å². The molecule has 0 radical (unpaired) electrons. The molecule has 0 aliphatic rings. The van der Waals surface area contributed by atoms with Crippen molar-refractivity contribution in [2.24, 2.45) is 0 Å². The second-order valence-electron chi connectivity index (χ2n) is 4.63. The van der Waals surface area contributed by atoms with Crippen LogP contribution >= 0.6 is 15.9 Å². The molecule has 0 aliphatic carbocycles. The smallest absolute Gasteiger partial charge is 0.240 e. The van der Waals surface area contributed by atoms with Crippen LogP contribution in [0.3, 0.4) is 0 Å². The van der Waals surface area contributed by atoms with E-state index in [-0.39, 0.29) is 10.9 Å². The zero-order chi connectivity index (χ0) is 17.5. The Hall–Kier alpha value is -1.37. The van der Waals surface area contributed by atoms with Crippen LogP contribution in [0.25, 0.3) is 0 Å². The molecule has 0 heterocycles. The van der Waals surface area contributed by atoms with Gasteiger partial charge in [-0.15, -0.1) is 0 Å². The van der Waals surface area contributed by atoms with Crippen LogP contribution in [0.1, 0.15) is 32.4 Å². The summed E-state index contributed by atoms with van der Waals surface area (Å²) in [6.07, 6.45) is 0. The Kier molecular flexibility index (Phi) is 7.75. The van der Waals surface area contributed by atoms with Gasteiger partial charge in [-0.3, -0.25) is 0 Å². The number of nitrogens with one attached hydrogen (secondary N) is 2. The molecule has 4 nitrogen and oxygen atoms in total. The third-order valence-electron chi connectivity index (χ3n) is 3.19. The van der Waals surface area contributed by atoms with Crippen LogP contribution in [0.5, 0.6) is 0 Å². The van der Waals surface area contributed by atoms with Gasteiger partial charge in [0.2, 0.25) is 10.0 Å². The molecular weight excluding hydrogens is 376 g/mol. The summed E-state index contributed by atoms with van der Waals surface area (Å²) in [6.45, 7) is 6.06. The highest BCUT2D eigenvalue weighted by molar-refractivity contribution is 9.10. The van der Waals surface area contributed by atoms with Gasteiger partial charge in [-0.05, 0) is 53.7 Å². The van der Waals surface area contributed by atoms with Crippen LogP contribution in [0.2, 0.25) is 0 Å². The summed E-state index contributed by atoms with van der Waals surface area (Å²) < 4.78 is 26.5. The fourth-order valence-electron chi connectivity index (χ4n) is 1.96. The molecule has 0 aromatic heterocycles. The first kappa shape index (κ1) is 19.7. The highest BCUT2D eigenvalue weighted by Crippen LogP contribution is 2.28.